The highest BCUT2D eigenvalue weighted by molar-refractivity contribution is 5.85. The van der Waals surface area contributed by atoms with Gasteiger partial charge in [-0.05, 0) is 56.3 Å². The molecule has 0 atom stereocenters. The Labute approximate surface area is 200 Å². The number of ether oxygens (including phenoxy) is 2. The zero-order valence-electron chi connectivity index (χ0n) is 18.7. The third-order valence-corrected chi connectivity index (χ3v) is 5.56. The van der Waals surface area contributed by atoms with Gasteiger partial charge in [-0.1, -0.05) is 49.6 Å². The van der Waals surface area contributed by atoms with Gasteiger partial charge in [0.2, 0.25) is 0 Å². The van der Waals surface area contributed by atoms with Gasteiger partial charge in [-0.3, -0.25) is 0 Å². The molecule has 0 aliphatic carbocycles. The predicted molar refractivity (Wildman–Crippen MR) is 134 cm³/mol. The van der Waals surface area contributed by atoms with Crippen molar-refractivity contribution in [1.29, 1.82) is 0 Å². The average molecular weight is 469 g/mol. The van der Waals surface area contributed by atoms with Crippen molar-refractivity contribution in [3.8, 4) is 11.5 Å². The molecule has 31 heavy (non-hydrogen) atoms. The zero-order valence-corrected chi connectivity index (χ0v) is 20.3. The topological polar surface area (TPSA) is 24.9 Å². The fourth-order valence-corrected chi connectivity index (χ4v) is 3.60. The summed E-state index contributed by atoms with van der Waals surface area (Å²) in [6, 6.07) is 18.2. The van der Waals surface area contributed by atoms with Crippen LogP contribution in [0.2, 0.25) is 0 Å². The molecule has 0 unspecified atom stereocenters. The van der Waals surface area contributed by atoms with Crippen molar-refractivity contribution in [2.45, 2.75) is 38.7 Å². The van der Waals surface area contributed by atoms with Crippen molar-refractivity contribution >= 4 is 24.8 Å². The van der Waals surface area contributed by atoms with Crippen molar-refractivity contribution in [1.82, 2.24) is 9.80 Å². The highest BCUT2D eigenvalue weighted by Gasteiger charge is 2.12. The molecule has 6 heteroatoms. The fourth-order valence-electron chi connectivity index (χ4n) is 3.60. The van der Waals surface area contributed by atoms with E-state index in [0.29, 0.717) is 6.61 Å². The highest BCUT2D eigenvalue weighted by atomic mass is 35.5. The molecule has 0 amide bonds. The van der Waals surface area contributed by atoms with Crippen LogP contribution in [0.4, 0.5) is 0 Å². The van der Waals surface area contributed by atoms with Crippen LogP contribution >= 0.6 is 24.8 Å². The Morgan fingerprint density at radius 2 is 1.26 bits per heavy atom. The number of benzene rings is 2. The van der Waals surface area contributed by atoms with Gasteiger partial charge in [-0.25, -0.2) is 0 Å². The lowest BCUT2D eigenvalue weighted by Gasteiger charge is -2.32. The second-order valence-electron chi connectivity index (χ2n) is 8.01. The van der Waals surface area contributed by atoms with Gasteiger partial charge in [0.05, 0.1) is 6.61 Å². The molecule has 2 aromatic rings. The van der Waals surface area contributed by atoms with Crippen LogP contribution in [-0.2, 0) is 6.61 Å². The molecule has 0 aromatic heterocycles. The van der Waals surface area contributed by atoms with Gasteiger partial charge in [-0.2, -0.15) is 0 Å². The third kappa shape index (κ3) is 11.1. The molecule has 1 saturated heterocycles. The monoisotopic (exact) mass is 468 g/mol. The molecule has 0 N–H and O–H groups in total. The smallest absolute Gasteiger partial charge is 0.120 e. The minimum absolute atomic E-state index is 0. The SMILES string of the molecule is CN1CCN(CCCCCCCOc2ccc(OCc3ccccc3)cc2)CC1.Cl.Cl. The Morgan fingerprint density at radius 1 is 0.677 bits per heavy atom. The lowest BCUT2D eigenvalue weighted by Crippen LogP contribution is -2.44. The maximum Gasteiger partial charge on any atom is 0.120 e. The van der Waals surface area contributed by atoms with E-state index in [4.69, 9.17) is 9.47 Å². The summed E-state index contributed by atoms with van der Waals surface area (Å²) in [6.07, 6.45) is 6.35. The normalized spacial score (nSPS) is 14.4. The van der Waals surface area contributed by atoms with Gasteiger partial charge < -0.3 is 19.3 Å². The molecule has 1 aliphatic heterocycles. The van der Waals surface area contributed by atoms with Crippen LogP contribution in [0.25, 0.3) is 0 Å². The second-order valence-corrected chi connectivity index (χ2v) is 8.01. The lowest BCUT2D eigenvalue weighted by molar-refractivity contribution is 0.152. The Kier molecular flexibility index (Phi) is 14.4. The van der Waals surface area contributed by atoms with Gasteiger partial charge in [0.1, 0.15) is 18.1 Å². The number of piperazine rings is 1. The summed E-state index contributed by atoms with van der Waals surface area (Å²) in [4.78, 5) is 5.03. The molecular formula is C25H38Cl2N2O2. The summed E-state index contributed by atoms with van der Waals surface area (Å²) in [5.41, 5.74) is 1.18. The van der Waals surface area contributed by atoms with Gasteiger partial charge in [0, 0.05) is 26.2 Å². The van der Waals surface area contributed by atoms with Gasteiger partial charge in [0.15, 0.2) is 0 Å². The number of hydrogen-bond donors (Lipinski definition) is 0. The Hall–Kier alpha value is -1.46. The quantitative estimate of drug-likeness (QED) is 0.373. The Morgan fingerprint density at radius 3 is 1.94 bits per heavy atom. The molecule has 1 heterocycles. The van der Waals surface area contributed by atoms with Gasteiger partial charge >= 0.3 is 0 Å². The van der Waals surface area contributed by atoms with E-state index >= 15 is 0 Å². The first-order valence-electron chi connectivity index (χ1n) is 11.1. The minimum atomic E-state index is 0. The van der Waals surface area contributed by atoms with E-state index in [0.717, 1.165) is 24.5 Å². The first kappa shape index (κ1) is 27.6. The van der Waals surface area contributed by atoms with Crippen molar-refractivity contribution in [2.75, 3.05) is 46.4 Å². The fraction of sp³-hybridized carbons (Fsp3) is 0.520. The van der Waals surface area contributed by atoms with Crippen LogP contribution < -0.4 is 9.47 Å². The van der Waals surface area contributed by atoms with E-state index in [-0.39, 0.29) is 24.8 Å². The van der Waals surface area contributed by atoms with E-state index in [2.05, 4.69) is 29.0 Å². The molecule has 2 aromatic carbocycles. The Bertz CT molecular complexity index is 678. The van der Waals surface area contributed by atoms with Crippen LogP contribution in [0, 0.1) is 0 Å². The van der Waals surface area contributed by atoms with Crippen molar-refractivity contribution in [3.05, 3.63) is 60.2 Å². The highest BCUT2D eigenvalue weighted by Crippen LogP contribution is 2.19. The number of nitrogens with zero attached hydrogens (tertiary/aromatic N) is 2. The molecule has 174 valence electrons. The van der Waals surface area contributed by atoms with Crippen molar-refractivity contribution in [3.63, 3.8) is 0 Å². The third-order valence-electron chi connectivity index (χ3n) is 5.56. The molecule has 3 rings (SSSR count). The van der Waals surface area contributed by atoms with Crippen molar-refractivity contribution < 1.29 is 9.47 Å². The molecule has 1 aliphatic rings. The van der Waals surface area contributed by atoms with E-state index in [9.17, 15) is 0 Å². The molecule has 1 fully saturated rings. The maximum atomic E-state index is 5.87. The van der Waals surface area contributed by atoms with Gasteiger partial charge in [0.25, 0.3) is 0 Å². The number of hydrogen-bond acceptors (Lipinski definition) is 4. The van der Waals surface area contributed by atoms with Crippen LogP contribution in [-0.4, -0.2) is 56.2 Å². The standard InChI is InChI=1S/C25H36N2O2.2ClH/c1-26-17-19-27(20-18-26)16-8-3-2-4-9-21-28-24-12-14-25(15-13-24)29-22-23-10-6-5-7-11-23;;/h5-7,10-15H,2-4,8-9,16-22H2,1H3;2*1H. The lowest BCUT2D eigenvalue weighted by atomic mass is 10.1. The van der Waals surface area contributed by atoms with E-state index in [1.165, 1.54) is 64.0 Å². The zero-order chi connectivity index (χ0) is 20.2. The van der Waals surface area contributed by atoms with Crippen LogP contribution in [0.5, 0.6) is 11.5 Å². The Balaban J connectivity index is 0.00000240. The number of likely N-dealkylation sites (N-methyl/N-ethyl adjacent to an activating group) is 1. The summed E-state index contributed by atoms with van der Waals surface area (Å²) in [5.74, 6) is 1.80. The summed E-state index contributed by atoms with van der Waals surface area (Å²) < 4.78 is 11.7. The number of rotatable bonds is 12. The molecular weight excluding hydrogens is 431 g/mol. The first-order chi connectivity index (χ1) is 14.3. The average Bonchev–Trinajstić information content (AvgIpc) is 2.77. The predicted octanol–water partition coefficient (Wildman–Crippen LogP) is 5.69. The molecule has 0 radical (unpaired) electrons. The van der Waals surface area contributed by atoms with E-state index < -0.39 is 0 Å². The molecule has 0 spiro atoms. The number of halogens is 2. The summed E-state index contributed by atoms with van der Waals surface area (Å²) >= 11 is 0. The van der Waals surface area contributed by atoms with Crippen LogP contribution in [0.3, 0.4) is 0 Å². The largest absolute Gasteiger partial charge is 0.494 e. The van der Waals surface area contributed by atoms with E-state index in [1.54, 1.807) is 0 Å². The summed E-state index contributed by atoms with van der Waals surface area (Å²) in [7, 11) is 2.22. The second kappa shape index (κ2) is 16.2. The summed E-state index contributed by atoms with van der Waals surface area (Å²) in [5, 5.41) is 0. The maximum absolute atomic E-state index is 5.87. The van der Waals surface area contributed by atoms with E-state index in [1.807, 2.05) is 42.5 Å². The van der Waals surface area contributed by atoms with Gasteiger partial charge in [-0.15, -0.1) is 24.8 Å². The summed E-state index contributed by atoms with van der Waals surface area (Å²) in [6.45, 7) is 7.57. The number of unbranched alkanes of at least 4 members (excludes halogenated alkanes) is 4. The molecule has 4 nitrogen and oxygen atoms in total. The van der Waals surface area contributed by atoms with Crippen LogP contribution in [0.1, 0.15) is 37.7 Å². The van der Waals surface area contributed by atoms with Crippen LogP contribution in [0.15, 0.2) is 54.6 Å². The first-order valence-corrected chi connectivity index (χ1v) is 11.1. The minimum Gasteiger partial charge on any atom is -0.494 e. The molecule has 0 saturated carbocycles. The molecule has 0 bridgehead atoms. The van der Waals surface area contributed by atoms with Crippen molar-refractivity contribution in [2.24, 2.45) is 0 Å².